The Kier molecular flexibility index (Phi) is 8.26. The van der Waals surface area contributed by atoms with Gasteiger partial charge >= 0.3 is 51.4 Å². The summed E-state index contributed by atoms with van der Waals surface area (Å²) in [6.07, 6.45) is 0. The van der Waals surface area contributed by atoms with E-state index in [2.05, 4.69) is 0 Å². The van der Waals surface area contributed by atoms with E-state index in [1.165, 1.54) is 18.2 Å². The van der Waals surface area contributed by atoms with Gasteiger partial charge in [0.1, 0.15) is 5.82 Å². The zero-order chi connectivity index (χ0) is 7.56. The van der Waals surface area contributed by atoms with Crippen LogP contribution in [0.2, 0.25) is 0 Å². The third-order valence-corrected chi connectivity index (χ3v) is 1.29. The molecular weight excluding hydrogens is 182 g/mol. The molecule has 0 aromatic heterocycles. The molecule has 0 radical (unpaired) electrons. The van der Waals surface area contributed by atoms with Gasteiger partial charge in [0, 0.05) is 0 Å². The monoisotopic (exact) mass is 190 g/mol. The van der Waals surface area contributed by atoms with Crippen LogP contribution in [0.15, 0.2) is 18.2 Å². The summed E-state index contributed by atoms with van der Waals surface area (Å²) in [5.74, 6) is -0.265. The standard InChI is InChI=1S/C8H6FN.K.H2N/c1-6-4-7(5-10)2-3-8(6)9;;/h2-4H,1H3;;1H2/q;+1;-1. The fourth-order valence-electron chi connectivity index (χ4n) is 0.714. The number of hydrogen-bond acceptors (Lipinski definition) is 1. The number of benzene rings is 1. The van der Waals surface area contributed by atoms with Gasteiger partial charge in [0.25, 0.3) is 0 Å². The fourth-order valence-corrected chi connectivity index (χ4v) is 0.714. The minimum atomic E-state index is -0.265. The van der Waals surface area contributed by atoms with Crippen molar-refractivity contribution in [3.63, 3.8) is 0 Å². The Bertz CT molecular complexity index is 294. The molecular formula is C8H8FKN2. The molecule has 0 saturated carbocycles. The molecule has 0 atom stereocenters. The second-order valence-corrected chi connectivity index (χ2v) is 2.08. The van der Waals surface area contributed by atoms with Gasteiger partial charge in [-0.1, -0.05) is 0 Å². The maximum absolute atomic E-state index is 12.5. The van der Waals surface area contributed by atoms with Crippen molar-refractivity contribution in [1.29, 1.82) is 5.26 Å². The first-order chi connectivity index (χ1) is 4.74. The number of hydrogen-bond donors (Lipinski definition) is 0. The second kappa shape index (κ2) is 6.72. The number of halogens is 1. The molecule has 0 spiro atoms. The molecule has 0 fully saturated rings. The van der Waals surface area contributed by atoms with Crippen LogP contribution in [-0.4, -0.2) is 0 Å². The second-order valence-electron chi connectivity index (χ2n) is 2.08. The van der Waals surface area contributed by atoms with E-state index in [9.17, 15) is 4.39 Å². The molecule has 0 unspecified atom stereocenters. The van der Waals surface area contributed by atoms with E-state index in [0.717, 1.165) is 0 Å². The number of nitriles is 1. The average molecular weight is 190 g/mol. The zero-order valence-electron chi connectivity index (χ0n) is 7.13. The Morgan fingerprint density at radius 2 is 2.00 bits per heavy atom. The van der Waals surface area contributed by atoms with Crippen LogP contribution in [0, 0.1) is 24.1 Å². The van der Waals surface area contributed by atoms with Crippen molar-refractivity contribution in [3.8, 4) is 6.07 Å². The summed E-state index contributed by atoms with van der Waals surface area (Å²) in [5, 5.41) is 8.38. The van der Waals surface area contributed by atoms with E-state index in [0.29, 0.717) is 11.1 Å². The van der Waals surface area contributed by atoms with E-state index in [1.807, 2.05) is 6.07 Å². The van der Waals surface area contributed by atoms with Crippen LogP contribution in [0.5, 0.6) is 0 Å². The van der Waals surface area contributed by atoms with Crippen molar-refractivity contribution >= 4 is 0 Å². The summed E-state index contributed by atoms with van der Waals surface area (Å²) in [6, 6.07) is 6.21. The zero-order valence-corrected chi connectivity index (χ0v) is 10.3. The van der Waals surface area contributed by atoms with Crippen molar-refractivity contribution in [2.75, 3.05) is 0 Å². The summed E-state index contributed by atoms with van der Waals surface area (Å²) < 4.78 is 12.5. The molecule has 0 aliphatic heterocycles. The molecule has 1 rings (SSSR count). The predicted octanol–water partition coefficient (Wildman–Crippen LogP) is -0.273. The van der Waals surface area contributed by atoms with Gasteiger partial charge in [-0.15, -0.1) is 0 Å². The quantitative estimate of drug-likeness (QED) is 0.519. The van der Waals surface area contributed by atoms with Crippen molar-refractivity contribution in [2.24, 2.45) is 0 Å². The van der Waals surface area contributed by atoms with E-state index in [-0.39, 0.29) is 63.4 Å². The number of aryl methyl sites for hydroxylation is 1. The first kappa shape index (κ1) is 14.7. The van der Waals surface area contributed by atoms with E-state index < -0.39 is 0 Å². The SMILES string of the molecule is Cc1cc(C#N)ccc1F.[K+].[NH2-]. The van der Waals surface area contributed by atoms with Crippen molar-refractivity contribution < 1.29 is 55.8 Å². The Balaban J connectivity index is 0. The Morgan fingerprint density at radius 3 is 2.42 bits per heavy atom. The summed E-state index contributed by atoms with van der Waals surface area (Å²) in [7, 11) is 0. The van der Waals surface area contributed by atoms with Gasteiger partial charge in [0.2, 0.25) is 0 Å². The normalized spacial score (nSPS) is 7.42. The Morgan fingerprint density at radius 1 is 1.42 bits per heavy atom. The molecule has 1 aromatic rings. The first-order valence-corrected chi connectivity index (χ1v) is 2.90. The molecule has 4 heteroatoms. The Labute approximate surface area is 114 Å². The molecule has 2 nitrogen and oxygen atoms in total. The van der Waals surface area contributed by atoms with Gasteiger partial charge < -0.3 is 6.15 Å². The molecule has 0 aliphatic carbocycles. The molecule has 0 aliphatic rings. The summed E-state index contributed by atoms with van der Waals surface area (Å²) >= 11 is 0. The molecule has 1 aromatic carbocycles. The van der Waals surface area contributed by atoms with E-state index in [1.54, 1.807) is 6.92 Å². The Hall–Kier alpha value is 0.236. The van der Waals surface area contributed by atoms with Crippen molar-refractivity contribution in [1.82, 2.24) is 0 Å². The number of nitrogens with zero attached hydrogens (tertiary/aromatic N) is 1. The van der Waals surface area contributed by atoms with Gasteiger partial charge in [0.05, 0.1) is 11.6 Å². The van der Waals surface area contributed by atoms with Crippen LogP contribution in [0.1, 0.15) is 11.1 Å². The number of rotatable bonds is 0. The maximum atomic E-state index is 12.5. The summed E-state index contributed by atoms with van der Waals surface area (Å²) in [6.45, 7) is 1.64. The van der Waals surface area contributed by atoms with Crippen molar-refractivity contribution in [2.45, 2.75) is 6.92 Å². The molecule has 0 bridgehead atoms. The van der Waals surface area contributed by atoms with Crippen LogP contribution in [-0.2, 0) is 0 Å². The third kappa shape index (κ3) is 3.76. The fraction of sp³-hybridized carbons (Fsp3) is 0.125. The maximum Gasteiger partial charge on any atom is 1.00 e. The van der Waals surface area contributed by atoms with Crippen molar-refractivity contribution in [3.05, 3.63) is 41.3 Å². The van der Waals surface area contributed by atoms with Crippen LogP contribution in [0.3, 0.4) is 0 Å². The third-order valence-electron chi connectivity index (χ3n) is 1.29. The van der Waals surface area contributed by atoms with Gasteiger partial charge in [-0.3, -0.25) is 0 Å². The summed E-state index contributed by atoms with van der Waals surface area (Å²) in [5.41, 5.74) is 1.01. The smallest absolute Gasteiger partial charge is 0.693 e. The van der Waals surface area contributed by atoms with Crippen LogP contribution in [0.25, 0.3) is 6.15 Å². The van der Waals surface area contributed by atoms with Gasteiger partial charge in [-0.2, -0.15) is 5.26 Å². The summed E-state index contributed by atoms with van der Waals surface area (Å²) in [4.78, 5) is 0. The van der Waals surface area contributed by atoms with Gasteiger partial charge in [-0.05, 0) is 30.7 Å². The molecule has 0 heterocycles. The van der Waals surface area contributed by atoms with E-state index >= 15 is 0 Å². The van der Waals surface area contributed by atoms with Gasteiger partial charge in [-0.25, -0.2) is 4.39 Å². The minimum Gasteiger partial charge on any atom is -0.693 e. The average Bonchev–Trinajstić information content (AvgIpc) is 1.95. The number of nitrogens with two attached hydrogens (primary N) is 1. The topological polar surface area (TPSA) is 57.3 Å². The molecule has 12 heavy (non-hydrogen) atoms. The van der Waals surface area contributed by atoms with Crippen LogP contribution >= 0.6 is 0 Å². The minimum absolute atomic E-state index is 0. The molecule has 2 N–H and O–H groups in total. The molecule has 0 saturated heterocycles. The molecule has 0 amide bonds. The van der Waals surface area contributed by atoms with Crippen LogP contribution < -0.4 is 51.4 Å². The molecule has 58 valence electrons. The largest absolute Gasteiger partial charge is 1.00 e. The predicted molar refractivity (Wildman–Crippen MR) is 41.1 cm³/mol. The van der Waals surface area contributed by atoms with Gasteiger partial charge in [0.15, 0.2) is 0 Å². The van der Waals surface area contributed by atoms with Crippen LogP contribution in [0.4, 0.5) is 4.39 Å². The van der Waals surface area contributed by atoms with E-state index in [4.69, 9.17) is 5.26 Å². The first-order valence-electron chi connectivity index (χ1n) is 2.90.